The fourth-order valence-corrected chi connectivity index (χ4v) is 2.46. The summed E-state index contributed by atoms with van der Waals surface area (Å²) in [6.45, 7) is 11.2. The Morgan fingerprint density at radius 1 is 1.33 bits per heavy atom. The van der Waals surface area contributed by atoms with E-state index in [0.29, 0.717) is 13.1 Å². The normalized spacial score (nSPS) is 13.3. The molecule has 2 rings (SSSR count). The molecule has 1 fully saturated rings. The van der Waals surface area contributed by atoms with Crippen molar-refractivity contribution in [1.29, 1.82) is 0 Å². The number of anilines is 2. The van der Waals surface area contributed by atoms with Gasteiger partial charge in [-0.15, -0.1) is 0 Å². The second-order valence-electron chi connectivity index (χ2n) is 6.51. The van der Waals surface area contributed by atoms with Gasteiger partial charge < -0.3 is 15.5 Å². The average Bonchev–Trinajstić information content (AvgIpc) is 3.37. The highest BCUT2D eigenvalue weighted by Gasteiger charge is 2.29. The predicted octanol–water partition coefficient (Wildman–Crippen LogP) is 3.18. The van der Waals surface area contributed by atoms with Crippen molar-refractivity contribution in [2.45, 2.75) is 33.6 Å². The molecule has 0 aliphatic heterocycles. The van der Waals surface area contributed by atoms with Crippen LogP contribution in [0.25, 0.3) is 0 Å². The summed E-state index contributed by atoms with van der Waals surface area (Å²) >= 11 is 0. The lowest BCUT2D eigenvalue weighted by Gasteiger charge is -2.22. The lowest BCUT2D eigenvalue weighted by atomic mass is 10.1. The fraction of sp³-hybridized carbons (Fsp3) is 0.474. The molecule has 0 aromatic heterocycles. The van der Waals surface area contributed by atoms with E-state index in [9.17, 15) is 9.59 Å². The second kappa shape index (κ2) is 7.99. The Labute approximate surface area is 144 Å². The van der Waals surface area contributed by atoms with Crippen LogP contribution in [-0.4, -0.2) is 36.3 Å². The van der Waals surface area contributed by atoms with Crippen LogP contribution < -0.4 is 10.6 Å². The van der Waals surface area contributed by atoms with Gasteiger partial charge in [-0.3, -0.25) is 9.59 Å². The Balaban J connectivity index is 1.96. The van der Waals surface area contributed by atoms with Gasteiger partial charge in [-0.05, 0) is 51.3 Å². The summed E-state index contributed by atoms with van der Waals surface area (Å²) in [4.78, 5) is 25.9. The zero-order chi connectivity index (χ0) is 17.7. The molecule has 0 unspecified atom stereocenters. The molecule has 1 aliphatic rings. The van der Waals surface area contributed by atoms with Gasteiger partial charge >= 0.3 is 0 Å². The van der Waals surface area contributed by atoms with Crippen LogP contribution in [0.1, 0.15) is 32.3 Å². The van der Waals surface area contributed by atoms with E-state index in [1.165, 1.54) is 0 Å². The SMILES string of the molecule is C=C(C)CN(CC)C(=O)CNc1cc(NC(=O)C2CC2)ccc1C. The first-order chi connectivity index (χ1) is 11.4. The number of nitrogens with one attached hydrogen (secondary N) is 2. The number of carbonyl (C=O) groups is 2. The zero-order valence-corrected chi connectivity index (χ0v) is 14.8. The maximum atomic E-state index is 12.3. The monoisotopic (exact) mass is 329 g/mol. The quantitative estimate of drug-likeness (QED) is 0.720. The molecular formula is C19H27N3O2. The maximum Gasteiger partial charge on any atom is 0.242 e. The zero-order valence-electron chi connectivity index (χ0n) is 14.8. The van der Waals surface area contributed by atoms with Crippen molar-refractivity contribution in [2.75, 3.05) is 30.3 Å². The lowest BCUT2D eigenvalue weighted by molar-refractivity contribution is -0.128. The van der Waals surface area contributed by atoms with Crippen molar-refractivity contribution in [3.05, 3.63) is 35.9 Å². The maximum absolute atomic E-state index is 12.3. The molecule has 5 nitrogen and oxygen atoms in total. The molecule has 130 valence electrons. The summed E-state index contributed by atoms with van der Waals surface area (Å²) in [5.41, 5.74) is 3.63. The van der Waals surface area contributed by atoms with Gasteiger partial charge in [0, 0.05) is 30.4 Å². The molecule has 0 bridgehead atoms. The largest absolute Gasteiger partial charge is 0.376 e. The lowest BCUT2D eigenvalue weighted by Crippen LogP contribution is -2.36. The number of amides is 2. The van der Waals surface area contributed by atoms with E-state index in [1.807, 2.05) is 39.0 Å². The van der Waals surface area contributed by atoms with Crippen molar-refractivity contribution in [3.8, 4) is 0 Å². The van der Waals surface area contributed by atoms with Crippen LogP contribution in [0, 0.1) is 12.8 Å². The molecule has 0 atom stereocenters. The molecule has 0 saturated heterocycles. The average molecular weight is 329 g/mol. The number of rotatable bonds is 8. The highest BCUT2D eigenvalue weighted by molar-refractivity contribution is 5.94. The van der Waals surface area contributed by atoms with E-state index >= 15 is 0 Å². The smallest absolute Gasteiger partial charge is 0.242 e. The van der Waals surface area contributed by atoms with E-state index in [2.05, 4.69) is 17.2 Å². The summed E-state index contributed by atoms with van der Waals surface area (Å²) in [6.07, 6.45) is 1.96. The van der Waals surface area contributed by atoms with Gasteiger partial charge in [-0.25, -0.2) is 0 Å². The topological polar surface area (TPSA) is 61.4 Å². The van der Waals surface area contributed by atoms with Crippen molar-refractivity contribution in [3.63, 3.8) is 0 Å². The summed E-state index contributed by atoms with van der Waals surface area (Å²) in [6, 6.07) is 5.72. The van der Waals surface area contributed by atoms with E-state index in [-0.39, 0.29) is 24.3 Å². The Morgan fingerprint density at radius 2 is 2.04 bits per heavy atom. The molecule has 0 heterocycles. The first kappa shape index (κ1) is 18.0. The molecule has 5 heteroatoms. The molecule has 0 spiro atoms. The Bertz CT molecular complexity index is 635. The Morgan fingerprint density at radius 3 is 2.62 bits per heavy atom. The third kappa shape index (κ3) is 5.11. The summed E-state index contributed by atoms with van der Waals surface area (Å²) in [5.74, 6) is 0.288. The van der Waals surface area contributed by atoms with E-state index in [4.69, 9.17) is 0 Å². The molecule has 1 aromatic carbocycles. The minimum atomic E-state index is 0.0346. The van der Waals surface area contributed by atoms with Gasteiger partial charge in [0.2, 0.25) is 11.8 Å². The van der Waals surface area contributed by atoms with Gasteiger partial charge in [0.05, 0.1) is 6.54 Å². The van der Waals surface area contributed by atoms with Gasteiger partial charge in [-0.2, -0.15) is 0 Å². The Hall–Kier alpha value is -2.30. The van der Waals surface area contributed by atoms with Crippen molar-refractivity contribution in [2.24, 2.45) is 5.92 Å². The molecule has 2 N–H and O–H groups in total. The predicted molar refractivity (Wildman–Crippen MR) is 98.1 cm³/mol. The van der Waals surface area contributed by atoms with Crippen LogP contribution in [0.3, 0.4) is 0 Å². The van der Waals surface area contributed by atoms with Crippen LogP contribution in [0.2, 0.25) is 0 Å². The van der Waals surface area contributed by atoms with Gasteiger partial charge in [-0.1, -0.05) is 18.2 Å². The molecule has 1 aromatic rings. The van der Waals surface area contributed by atoms with Crippen LogP contribution in [-0.2, 0) is 9.59 Å². The molecular weight excluding hydrogens is 302 g/mol. The standard InChI is InChI=1S/C19H27N3O2/c1-5-22(12-13(2)3)18(23)11-20-17-10-16(9-6-14(17)4)21-19(24)15-7-8-15/h6,9-10,15,20H,2,5,7-8,11-12H2,1,3-4H3,(H,21,24). The van der Waals surface area contributed by atoms with Crippen LogP contribution in [0.15, 0.2) is 30.4 Å². The Kier molecular flexibility index (Phi) is 6.01. The van der Waals surface area contributed by atoms with Crippen molar-refractivity contribution in [1.82, 2.24) is 4.90 Å². The minimum Gasteiger partial charge on any atom is -0.376 e. The van der Waals surface area contributed by atoms with E-state index < -0.39 is 0 Å². The molecule has 0 radical (unpaired) electrons. The number of carbonyl (C=O) groups excluding carboxylic acids is 2. The molecule has 1 saturated carbocycles. The summed E-state index contributed by atoms with van der Waals surface area (Å²) in [5, 5.41) is 6.12. The number of hydrogen-bond acceptors (Lipinski definition) is 3. The van der Waals surface area contributed by atoms with Crippen LogP contribution >= 0.6 is 0 Å². The van der Waals surface area contributed by atoms with Gasteiger partial charge in [0.1, 0.15) is 0 Å². The number of likely N-dealkylation sites (N-methyl/N-ethyl adjacent to an activating group) is 1. The van der Waals surface area contributed by atoms with Gasteiger partial charge in [0.25, 0.3) is 0 Å². The third-order valence-electron chi connectivity index (χ3n) is 4.08. The van der Waals surface area contributed by atoms with Crippen LogP contribution in [0.4, 0.5) is 11.4 Å². The van der Waals surface area contributed by atoms with Crippen molar-refractivity contribution >= 4 is 23.2 Å². The second-order valence-corrected chi connectivity index (χ2v) is 6.51. The fourth-order valence-electron chi connectivity index (χ4n) is 2.46. The number of nitrogens with zero attached hydrogens (tertiary/aromatic N) is 1. The van der Waals surface area contributed by atoms with E-state index in [0.717, 1.165) is 35.4 Å². The number of hydrogen-bond donors (Lipinski definition) is 2. The summed E-state index contributed by atoms with van der Waals surface area (Å²) < 4.78 is 0. The van der Waals surface area contributed by atoms with Gasteiger partial charge in [0.15, 0.2) is 0 Å². The first-order valence-corrected chi connectivity index (χ1v) is 8.48. The molecule has 24 heavy (non-hydrogen) atoms. The number of benzene rings is 1. The van der Waals surface area contributed by atoms with Crippen LogP contribution in [0.5, 0.6) is 0 Å². The third-order valence-corrected chi connectivity index (χ3v) is 4.08. The summed E-state index contributed by atoms with van der Waals surface area (Å²) in [7, 11) is 0. The van der Waals surface area contributed by atoms with Crippen molar-refractivity contribution < 1.29 is 9.59 Å². The molecule has 2 amide bonds. The van der Waals surface area contributed by atoms with E-state index in [1.54, 1.807) is 4.90 Å². The minimum absolute atomic E-state index is 0.0346. The highest BCUT2D eigenvalue weighted by atomic mass is 16.2. The highest BCUT2D eigenvalue weighted by Crippen LogP contribution is 2.30. The first-order valence-electron chi connectivity index (χ1n) is 8.48. The number of aryl methyl sites for hydroxylation is 1. The molecule has 1 aliphatic carbocycles.